The standard InChI is InChI=1S/C20H25N5O/c1-14-12-21-23-17(14)10-16-6-5-8-24(13-16)20(26)11-18-15(2)22-19-7-3-4-9-25(18)19/h3-4,7,9,12,16H,5-6,8,10-11,13H2,1-2H3,(H,21,23). The highest BCUT2D eigenvalue weighted by Gasteiger charge is 2.25. The largest absolute Gasteiger partial charge is 0.342 e. The van der Waals surface area contributed by atoms with Crippen LogP contribution in [0.25, 0.3) is 5.65 Å². The Bertz CT molecular complexity index is 925. The van der Waals surface area contributed by atoms with Crippen LogP contribution in [0.3, 0.4) is 0 Å². The Labute approximate surface area is 153 Å². The molecular weight excluding hydrogens is 326 g/mol. The summed E-state index contributed by atoms with van der Waals surface area (Å²) in [5, 5.41) is 7.21. The first-order chi connectivity index (χ1) is 12.6. The van der Waals surface area contributed by atoms with Crippen molar-refractivity contribution in [3.8, 4) is 0 Å². The normalized spacial score (nSPS) is 17.8. The van der Waals surface area contributed by atoms with Crippen molar-refractivity contribution in [3.63, 3.8) is 0 Å². The van der Waals surface area contributed by atoms with Gasteiger partial charge in [0, 0.05) is 25.0 Å². The molecule has 0 saturated carbocycles. The molecule has 6 heteroatoms. The molecule has 1 saturated heterocycles. The van der Waals surface area contributed by atoms with Gasteiger partial charge >= 0.3 is 0 Å². The van der Waals surface area contributed by atoms with Gasteiger partial charge in [-0.3, -0.25) is 9.89 Å². The fraction of sp³-hybridized carbons (Fsp3) is 0.450. The summed E-state index contributed by atoms with van der Waals surface area (Å²) in [6.07, 6.45) is 7.45. The molecule has 1 unspecified atom stereocenters. The molecule has 0 radical (unpaired) electrons. The van der Waals surface area contributed by atoms with Crippen molar-refractivity contribution < 1.29 is 4.79 Å². The van der Waals surface area contributed by atoms with Gasteiger partial charge in [0.1, 0.15) is 5.65 Å². The van der Waals surface area contributed by atoms with Crippen LogP contribution in [0, 0.1) is 19.8 Å². The molecule has 4 heterocycles. The maximum absolute atomic E-state index is 12.9. The number of hydrogen-bond donors (Lipinski definition) is 1. The van der Waals surface area contributed by atoms with E-state index in [9.17, 15) is 4.79 Å². The van der Waals surface area contributed by atoms with Crippen molar-refractivity contribution in [2.75, 3.05) is 13.1 Å². The molecule has 3 aromatic rings. The topological polar surface area (TPSA) is 66.3 Å². The number of amides is 1. The van der Waals surface area contributed by atoms with Crippen LogP contribution >= 0.6 is 0 Å². The zero-order valence-electron chi connectivity index (χ0n) is 15.4. The number of likely N-dealkylation sites (tertiary alicyclic amines) is 1. The number of hydrogen-bond acceptors (Lipinski definition) is 3. The minimum absolute atomic E-state index is 0.199. The molecule has 3 aromatic heterocycles. The monoisotopic (exact) mass is 351 g/mol. The van der Waals surface area contributed by atoms with Crippen molar-refractivity contribution in [1.82, 2.24) is 24.5 Å². The lowest BCUT2D eigenvalue weighted by molar-refractivity contribution is -0.132. The third-order valence-electron chi connectivity index (χ3n) is 5.45. The summed E-state index contributed by atoms with van der Waals surface area (Å²) in [5.74, 6) is 0.694. The number of aromatic amines is 1. The number of imidazole rings is 1. The molecule has 0 aromatic carbocycles. The lowest BCUT2D eigenvalue weighted by atomic mass is 9.92. The highest BCUT2D eigenvalue weighted by Crippen LogP contribution is 2.22. The van der Waals surface area contributed by atoms with Crippen molar-refractivity contribution >= 4 is 11.6 Å². The summed E-state index contributed by atoms with van der Waals surface area (Å²) < 4.78 is 2.03. The second-order valence-electron chi connectivity index (χ2n) is 7.33. The number of fused-ring (bicyclic) bond motifs is 1. The van der Waals surface area contributed by atoms with E-state index in [1.54, 1.807) is 0 Å². The summed E-state index contributed by atoms with van der Waals surface area (Å²) >= 11 is 0. The number of pyridine rings is 1. The second-order valence-corrected chi connectivity index (χ2v) is 7.33. The van der Waals surface area contributed by atoms with Gasteiger partial charge in [0.25, 0.3) is 0 Å². The Kier molecular flexibility index (Phi) is 4.49. The number of nitrogens with zero attached hydrogens (tertiary/aromatic N) is 4. The lowest BCUT2D eigenvalue weighted by Gasteiger charge is -2.33. The maximum atomic E-state index is 12.9. The van der Waals surface area contributed by atoms with E-state index >= 15 is 0 Å². The smallest absolute Gasteiger partial charge is 0.228 e. The van der Waals surface area contributed by atoms with Gasteiger partial charge in [-0.05, 0) is 56.7 Å². The van der Waals surface area contributed by atoms with Crippen molar-refractivity contribution in [2.45, 2.75) is 39.5 Å². The van der Waals surface area contributed by atoms with Gasteiger partial charge in [0.2, 0.25) is 5.91 Å². The van der Waals surface area contributed by atoms with Crippen LogP contribution in [0.4, 0.5) is 0 Å². The number of nitrogens with one attached hydrogen (secondary N) is 1. The first kappa shape index (κ1) is 16.8. The van der Waals surface area contributed by atoms with Crippen LogP contribution in [0.15, 0.2) is 30.6 Å². The quantitative estimate of drug-likeness (QED) is 0.786. The van der Waals surface area contributed by atoms with E-state index in [4.69, 9.17) is 0 Å². The van der Waals surface area contributed by atoms with Crippen LogP contribution in [-0.4, -0.2) is 43.5 Å². The lowest BCUT2D eigenvalue weighted by Crippen LogP contribution is -2.41. The summed E-state index contributed by atoms with van der Waals surface area (Å²) in [6, 6.07) is 5.93. The highest BCUT2D eigenvalue weighted by molar-refractivity contribution is 5.79. The molecule has 136 valence electrons. The fourth-order valence-corrected chi connectivity index (χ4v) is 3.96. The Morgan fingerprint density at radius 1 is 1.35 bits per heavy atom. The molecule has 4 rings (SSSR count). The number of aryl methyl sites for hydroxylation is 2. The summed E-state index contributed by atoms with van der Waals surface area (Å²) in [7, 11) is 0. The molecule has 0 spiro atoms. The molecule has 1 fully saturated rings. The van der Waals surface area contributed by atoms with Gasteiger partial charge in [-0.15, -0.1) is 0 Å². The molecule has 1 aliphatic heterocycles. The number of carbonyl (C=O) groups excluding carboxylic acids is 1. The Hall–Kier alpha value is -2.63. The predicted molar refractivity (Wildman–Crippen MR) is 100.0 cm³/mol. The van der Waals surface area contributed by atoms with Crippen molar-refractivity contribution in [1.29, 1.82) is 0 Å². The molecule has 6 nitrogen and oxygen atoms in total. The van der Waals surface area contributed by atoms with Gasteiger partial charge < -0.3 is 9.30 Å². The SMILES string of the molecule is Cc1cn[nH]c1CC1CCCN(C(=O)Cc2c(C)nc3ccccn23)C1. The number of H-pyrrole nitrogens is 1. The molecule has 0 bridgehead atoms. The minimum Gasteiger partial charge on any atom is -0.342 e. The second kappa shape index (κ2) is 6.94. The van der Waals surface area contributed by atoms with Crippen molar-refractivity contribution in [2.24, 2.45) is 5.92 Å². The van der Waals surface area contributed by atoms with E-state index in [0.717, 1.165) is 49.4 Å². The maximum Gasteiger partial charge on any atom is 0.228 e. The Balaban J connectivity index is 1.45. The number of carbonyl (C=O) groups is 1. The van der Waals surface area contributed by atoms with Crippen LogP contribution in [0.2, 0.25) is 0 Å². The predicted octanol–water partition coefficient (Wildman–Crippen LogP) is 2.70. The van der Waals surface area contributed by atoms with Gasteiger partial charge in [0.05, 0.1) is 24.0 Å². The molecule has 0 aliphatic carbocycles. The van der Waals surface area contributed by atoms with Gasteiger partial charge in [-0.25, -0.2) is 4.98 Å². The zero-order valence-corrected chi connectivity index (χ0v) is 15.4. The third-order valence-corrected chi connectivity index (χ3v) is 5.45. The van der Waals surface area contributed by atoms with Gasteiger partial charge in [-0.2, -0.15) is 5.10 Å². The third kappa shape index (κ3) is 3.23. The van der Waals surface area contributed by atoms with Crippen molar-refractivity contribution in [3.05, 3.63) is 53.2 Å². The average Bonchev–Trinajstić information content (AvgIpc) is 3.18. The number of aromatic nitrogens is 4. The van der Waals surface area contributed by atoms with Crippen LogP contribution in [-0.2, 0) is 17.6 Å². The van der Waals surface area contributed by atoms with E-state index in [-0.39, 0.29) is 5.91 Å². The molecular formula is C20H25N5O. The average molecular weight is 351 g/mol. The molecule has 1 N–H and O–H groups in total. The fourth-order valence-electron chi connectivity index (χ4n) is 3.96. The summed E-state index contributed by atoms with van der Waals surface area (Å²) in [6.45, 7) is 5.74. The van der Waals surface area contributed by atoms with Crippen LogP contribution < -0.4 is 0 Å². The number of piperidine rings is 1. The van der Waals surface area contributed by atoms with Gasteiger partial charge in [-0.1, -0.05) is 6.07 Å². The molecule has 1 aliphatic rings. The highest BCUT2D eigenvalue weighted by atomic mass is 16.2. The Morgan fingerprint density at radius 2 is 2.23 bits per heavy atom. The van der Waals surface area contributed by atoms with E-state index in [0.29, 0.717) is 12.3 Å². The van der Waals surface area contributed by atoms with E-state index in [1.165, 1.54) is 11.3 Å². The van der Waals surface area contributed by atoms with Gasteiger partial charge in [0.15, 0.2) is 0 Å². The summed E-state index contributed by atoms with van der Waals surface area (Å²) in [4.78, 5) is 19.5. The van der Waals surface area contributed by atoms with Crippen LogP contribution in [0.1, 0.15) is 35.5 Å². The van der Waals surface area contributed by atoms with Crippen LogP contribution in [0.5, 0.6) is 0 Å². The van der Waals surface area contributed by atoms with E-state index in [1.807, 2.05) is 46.8 Å². The zero-order chi connectivity index (χ0) is 18.1. The number of rotatable bonds is 4. The molecule has 1 amide bonds. The first-order valence-electron chi connectivity index (χ1n) is 9.31. The first-order valence-corrected chi connectivity index (χ1v) is 9.31. The van der Waals surface area contributed by atoms with E-state index in [2.05, 4.69) is 22.1 Å². The van der Waals surface area contributed by atoms with E-state index < -0.39 is 0 Å². The minimum atomic E-state index is 0.199. The molecule has 26 heavy (non-hydrogen) atoms. The molecule has 1 atom stereocenters. The summed E-state index contributed by atoms with van der Waals surface area (Å²) in [5.41, 5.74) is 5.24. The Morgan fingerprint density at radius 3 is 3.04 bits per heavy atom.